The minimum absolute atomic E-state index is 0.191. The predicted octanol–water partition coefficient (Wildman–Crippen LogP) is 2.25. The number of nitrogens with one attached hydrogen (secondary N) is 1. The van der Waals surface area contributed by atoms with Crippen LogP contribution in [-0.2, 0) is 4.74 Å². The first-order valence-corrected chi connectivity index (χ1v) is 5.62. The summed E-state index contributed by atoms with van der Waals surface area (Å²) in [5.74, 6) is 0.256. The fraction of sp³-hybridized carbons (Fsp3) is 0.500. The van der Waals surface area contributed by atoms with Crippen LogP contribution < -0.4 is 11.1 Å². The predicted molar refractivity (Wildman–Crippen MR) is 62.8 cm³/mol. The van der Waals surface area contributed by atoms with E-state index in [1.165, 1.54) is 6.07 Å². The Balaban J connectivity index is 1.86. The summed E-state index contributed by atoms with van der Waals surface area (Å²) >= 11 is 0. The highest BCUT2D eigenvalue weighted by Gasteiger charge is 2.13. The van der Waals surface area contributed by atoms with Gasteiger partial charge in [0.25, 0.3) is 0 Å². The summed E-state index contributed by atoms with van der Waals surface area (Å²) in [5, 5.41) is 3.23. The minimum Gasteiger partial charge on any atom is -0.396 e. The van der Waals surface area contributed by atoms with Crippen molar-refractivity contribution in [1.29, 1.82) is 0 Å². The Bertz CT molecular complexity index is 351. The lowest BCUT2D eigenvalue weighted by molar-refractivity contribution is 0.0699. The molecule has 1 aromatic carbocycles. The van der Waals surface area contributed by atoms with Crippen molar-refractivity contribution in [3.63, 3.8) is 0 Å². The maximum atomic E-state index is 13.2. The Labute approximate surface area is 94.8 Å². The highest BCUT2D eigenvalue weighted by molar-refractivity contribution is 5.52. The molecule has 0 bridgehead atoms. The summed E-state index contributed by atoms with van der Waals surface area (Å²) in [5.41, 5.74) is 6.39. The summed E-state index contributed by atoms with van der Waals surface area (Å²) in [7, 11) is 0. The third-order valence-electron chi connectivity index (χ3n) is 2.94. The molecular weight excluding hydrogens is 207 g/mol. The van der Waals surface area contributed by atoms with E-state index >= 15 is 0 Å². The molecule has 1 aliphatic rings. The SMILES string of the molecule is Nc1ccc(NCC2CCOCC2)cc1F. The van der Waals surface area contributed by atoms with Crippen LogP contribution in [0.25, 0.3) is 0 Å². The van der Waals surface area contributed by atoms with Crippen molar-refractivity contribution in [3.05, 3.63) is 24.0 Å². The summed E-state index contributed by atoms with van der Waals surface area (Å²) in [4.78, 5) is 0. The monoisotopic (exact) mass is 224 g/mol. The Morgan fingerprint density at radius 2 is 2.12 bits per heavy atom. The molecule has 1 fully saturated rings. The number of halogens is 1. The molecule has 1 saturated heterocycles. The molecule has 1 aromatic rings. The number of nitrogens with two attached hydrogens (primary N) is 1. The molecule has 88 valence electrons. The fourth-order valence-electron chi connectivity index (χ4n) is 1.85. The maximum Gasteiger partial charge on any atom is 0.148 e. The summed E-state index contributed by atoms with van der Waals surface area (Å²) in [6.45, 7) is 2.54. The van der Waals surface area contributed by atoms with E-state index < -0.39 is 0 Å². The summed E-state index contributed by atoms with van der Waals surface area (Å²) in [6.07, 6.45) is 2.15. The van der Waals surface area contributed by atoms with Gasteiger partial charge in [0.1, 0.15) is 5.82 Å². The van der Waals surface area contributed by atoms with Crippen LogP contribution in [0.1, 0.15) is 12.8 Å². The highest BCUT2D eigenvalue weighted by atomic mass is 19.1. The van der Waals surface area contributed by atoms with Crippen LogP contribution in [0.4, 0.5) is 15.8 Å². The largest absolute Gasteiger partial charge is 0.396 e. The zero-order valence-corrected chi connectivity index (χ0v) is 9.21. The second-order valence-corrected chi connectivity index (χ2v) is 4.17. The van der Waals surface area contributed by atoms with Gasteiger partial charge in [0.15, 0.2) is 0 Å². The van der Waals surface area contributed by atoms with Gasteiger partial charge in [-0.25, -0.2) is 4.39 Å². The molecule has 0 spiro atoms. The second-order valence-electron chi connectivity index (χ2n) is 4.17. The van der Waals surface area contributed by atoms with Crippen LogP contribution in [0.2, 0.25) is 0 Å². The van der Waals surface area contributed by atoms with Crippen LogP contribution in [-0.4, -0.2) is 19.8 Å². The standard InChI is InChI=1S/C12H17FN2O/c13-11-7-10(1-2-12(11)14)15-8-9-3-5-16-6-4-9/h1-2,7,9,15H,3-6,8,14H2. The molecule has 1 heterocycles. The van der Waals surface area contributed by atoms with Gasteiger partial charge in [-0.1, -0.05) is 0 Å². The van der Waals surface area contributed by atoms with Crippen LogP contribution in [0.3, 0.4) is 0 Å². The van der Waals surface area contributed by atoms with Gasteiger partial charge in [0, 0.05) is 25.4 Å². The smallest absolute Gasteiger partial charge is 0.148 e. The van der Waals surface area contributed by atoms with E-state index in [0.29, 0.717) is 5.92 Å². The van der Waals surface area contributed by atoms with Gasteiger partial charge >= 0.3 is 0 Å². The zero-order valence-electron chi connectivity index (χ0n) is 9.21. The van der Waals surface area contributed by atoms with E-state index in [4.69, 9.17) is 10.5 Å². The zero-order chi connectivity index (χ0) is 11.4. The van der Waals surface area contributed by atoms with E-state index in [1.807, 2.05) is 0 Å². The first-order valence-electron chi connectivity index (χ1n) is 5.62. The van der Waals surface area contributed by atoms with E-state index in [1.54, 1.807) is 12.1 Å². The molecule has 3 N–H and O–H groups in total. The molecule has 16 heavy (non-hydrogen) atoms. The molecule has 0 aromatic heterocycles. The van der Waals surface area contributed by atoms with Gasteiger partial charge in [-0.05, 0) is 37.0 Å². The van der Waals surface area contributed by atoms with E-state index in [0.717, 1.165) is 38.3 Å². The Kier molecular flexibility index (Phi) is 3.62. The van der Waals surface area contributed by atoms with Crippen LogP contribution >= 0.6 is 0 Å². The van der Waals surface area contributed by atoms with E-state index in [9.17, 15) is 4.39 Å². The molecule has 0 amide bonds. The summed E-state index contributed by atoms with van der Waals surface area (Å²) in [6, 6.07) is 4.83. The van der Waals surface area contributed by atoms with Crippen molar-refractivity contribution in [2.24, 2.45) is 5.92 Å². The Morgan fingerprint density at radius 1 is 1.38 bits per heavy atom. The van der Waals surface area contributed by atoms with E-state index in [2.05, 4.69) is 5.32 Å². The highest BCUT2D eigenvalue weighted by Crippen LogP contribution is 2.19. The molecule has 0 saturated carbocycles. The molecule has 4 heteroatoms. The van der Waals surface area contributed by atoms with Crippen molar-refractivity contribution in [3.8, 4) is 0 Å². The Hall–Kier alpha value is -1.29. The maximum absolute atomic E-state index is 13.2. The van der Waals surface area contributed by atoms with Crippen LogP contribution in [0.5, 0.6) is 0 Å². The molecule has 2 rings (SSSR count). The van der Waals surface area contributed by atoms with Gasteiger partial charge in [0.05, 0.1) is 5.69 Å². The third kappa shape index (κ3) is 2.85. The van der Waals surface area contributed by atoms with Gasteiger partial charge in [-0.3, -0.25) is 0 Å². The van der Waals surface area contributed by atoms with Gasteiger partial charge in [0.2, 0.25) is 0 Å². The molecule has 0 aliphatic carbocycles. The molecule has 0 atom stereocenters. The average molecular weight is 224 g/mol. The lowest BCUT2D eigenvalue weighted by Crippen LogP contribution is -2.22. The second kappa shape index (κ2) is 5.16. The number of benzene rings is 1. The normalized spacial score (nSPS) is 17.3. The lowest BCUT2D eigenvalue weighted by atomic mass is 10.0. The Morgan fingerprint density at radius 3 is 2.81 bits per heavy atom. The third-order valence-corrected chi connectivity index (χ3v) is 2.94. The van der Waals surface area contributed by atoms with Crippen molar-refractivity contribution in [1.82, 2.24) is 0 Å². The van der Waals surface area contributed by atoms with Crippen molar-refractivity contribution >= 4 is 11.4 Å². The van der Waals surface area contributed by atoms with Gasteiger partial charge in [-0.2, -0.15) is 0 Å². The molecule has 3 nitrogen and oxygen atoms in total. The molecular formula is C12H17FN2O. The van der Waals surface area contributed by atoms with Crippen LogP contribution in [0.15, 0.2) is 18.2 Å². The van der Waals surface area contributed by atoms with Crippen molar-refractivity contribution in [2.75, 3.05) is 30.8 Å². The topological polar surface area (TPSA) is 47.3 Å². The van der Waals surface area contributed by atoms with Crippen molar-refractivity contribution < 1.29 is 9.13 Å². The first-order chi connectivity index (χ1) is 7.75. The van der Waals surface area contributed by atoms with Gasteiger partial charge < -0.3 is 15.8 Å². The first kappa shape index (κ1) is 11.2. The number of anilines is 2. The number of hydrogen-bond acceptors (Lipinski definition) is 3. The van der Waals surface area contributed by atoms with Gasteiger partial charge in [-0.15, -0.1) is 0 Å². The fourth-order valence-corrected chi connectivity index (χ4v) is 1.85. The average Bonchev–Trinajstić information content (AvgIpc) is 2.32. The summed E-state index contributed by atoms with van der Waals surface area (Å²) < 4.78 is 18.4. The van der Waals surface area contributed by atoms with Crippen LogP contribution in [0, 0.1) is 11.7 Å². The molecule has 0 radical (unpaired) electrons. The molecule has 1 aliphatic heterocycles. The lowest BCUT2D eigenvalue weighted by Gasteiger charge is -2.22. The van der Waals surface area contributed by atoms with E-state index in [-0.39, 0.29) is 11.5 Å². The number of hydrogen-bond donors (Lipinski definition) is 2. The molecule has 0 unspecified atom stereocenters. The number of ether oxygens (including phenoxy) is 1. The van der Waals surface area contributed by atoms with Crippen molar-refractivity contribution in [2.45, 2.75) is 12.8 Å². The quantitative estimate of drug-likeness (QED) is 0.774. The number of rotatable bonds is 3. The number of nitrogen functional groups attached to an aromatic ring is 1. The minimum atomic E-state index is -0.364.